The Morgan fingerprint density at radius 2 is 2.13 bits per heavy atom. The van der Waals surface area contributed by atoms with Gasteiger partial charge in [-0.1, -0.05) is 6.92 Å². The minimum absolute atomic E-state index is 0.00265. The zero-order valence-corrected chi connectivity index (χ0v) is 16.1. The van der Waals surface area contributed by atoms with E-state index in [1.807, 2.05) is 0 Å². The quantitative estimate of drug-likeness (QED) is 0.287. The molecule has 3 rings (SSSR count). The van der Waals surface area contributed by atoms with Crippen LogP contribution in [0.5, 0.6) is 0 Å². The molecule has 0 spiro atoms. The van der Waals surface area contributed by atoms with Crippen LogP contribution in [0.4, 0.5) is 5.95 Å². The summed E-state index contributed by atoms with van der Waals surface area (Å²) in [5.41, 5.74) is 6.44. The lowest BCUT2D eigenvalue weighted by Crippen LogP contribution is -2.36. The number of carbonyl (C=O) groups excluding carboxylic acids is 3. The van der Waals surface area contributed by atoms with E-state index in [4.69, 9.17) is 25.2 Å². The second kappa shape index (κ2) is 8.46. The van der Waals surface area contributed by atoms with Crippen LogP contribution in [0.25, 0.3) is 11.2 Å². The summed E-state index contributed by atoms with van der Waals surface area (Å²) in [6.45, 7) is 2.23. The number of anilines is 1. The SMILES string of the molecule is CCC(=O)O[C@H]1C[C@@H](OC(C)=O)[C@H](n2c(=O)n(CC(=O)NO)c3cnc(N)nc32)O1. The number of nitrogens with zero attached hydrogens (tertiary/aromatic N) is 4. The van der Waals surface area contributed by atoms with Gasteiger partial charge in [-0.2, -0.15) is 4.98 Å². The first-order chi connectivity index (χ1) is 14.2. The Hall–Kier alpha value is -3.52. The average molecular weight is 424 g/mol. The molecule has 1 amide bonds. The van der Waals surface area contributed by atoms with E-state index < -0.39 is 48.7 Å². The molecule has 0 radical (unpaired) electrons. The van der Waals surface area contributed by atoms with Crippen LogP contribution >= 0.6 is 0 Å². The molecule has 1 aliphatic heterocycles. The predicted octanol–water partition coefficient (Wildman–Crippen LogP) is -1.19. The maximum Gasteiger partial charge on any atom is 0.333 e. The van der Waals surface area contributed by atoms with Gasteiger partial charge < -0.3 is 19.9 Å². The zero-order valence-electron chi connectivity index (χ0n) is 16.1. The van der Waals surface area contributed by atoms with Crippen LogP contribution in [-0.4, -0.2) is 54.5 Å². The van der Waals surface area contributed by atoms with Gasteiger partial charge in [0.05, 0.1) is 12.6 Å². The van der Waals surface area contributed by atoms with Crippen LogP contribution in [0.2, 0.25) is 0 Å². The lowest BCUT2D eigenvalue weighted by atomic mass is 10.2. The van der Waals surface area contributed by atoms with Gasteiger partial charge in [-0.3, -0.25) is 24.2 Å². The fourth-order valence-electron chi connectivity index (χ4n) is 3.09. The Kier molecular flexibility index (Phi) is 5.98. The van der Waals surface area contributed by atoms with Crippen molar-refractivity contribution in [1.29, 1.82) is 0 Å². The van der Waals surface area contributed by atoms with Gasteiger partial charge in [0.15, 0.2) is 18.0 Å². The van der Waals surface area contributed by atoms with Crippen LogP contribution in [0.3, 0.4) is 0 Å². The molecule has 3 heterocycles. The second-order valence-electron chi connectivity index (χ2n) is 6.39. The minimum Gasteiger partial charge on any atom is -0.457 e. The highest BCUT2D eigenvalue weighted by molar-refractivity contribution is 5.78. The maximum atomic E-state index is 13.1. The van der Waals surface area contributed by atoms with Crippen molar-refractivity contribution in [3.05, 3.63) is 16.7 Å². The largest absolute Gasteiger partial charge is 0.457 e. The van der Waals surface area contributed by atoms with Crippen molar-refractivity contribution in [3.8, 4) is 0 Å². The molecule has 162 valence electrons. The van der Waals surface area contributed by atoms with Gasteiger partial charge in [-0.15, -0.1) is 0 Å². The maximum absolute atomic E-state index is 13.1. The zero-order chi connectivity index (χ0) is 22.0. The van der Waals surface area contributed by atoms with Crippen molar-refractivity contribution in [2.45, 2.75) is 51.9 Å². The van der Waals surface area contributed by atoms with Crippen LogP contribution in [0.15, 0.2) is 11.0 Å². The number of rotatable bonds is 6. The molecule has 2 aromatic heterocycles. The number of hydroxylamine groups is 1. The van der Waals surface area contributed by atoms with Gasteiger partial charge in [0.2, 0.25) is 12.2 Å². The van der Waals surface area contributed by atoms with E-state index >= 15 is 0 Å². The summed E-state index contributed by atoms with van der Waals surface area (Å²) in [6.07, 6.45) is -1.97. The van der Waals surface area contributed by atoms with Crippen LogP contribution in [0, 0.1) is 0 Å². The van der Waals surface area contributed by atoms with Gasteiger partial charge in [0.1, 0.15) is 12.1 Å². The number of amides is 1. The first-order valence-electron chi connectivity index (χ1n) is 8.93. The normalized spacial score (nSPS) is 20.8. The van der Waals surface area contributed by atoms with Crippen LogP contribution in [-0.2, 0) is 35.1 Å². The number of nitrogens with two attached hydrogens (primary N) is 1. The third kappa shape index (κ3) is 4.08. The summed E-state index contributed by atoms with van der Waals surface area (Å²) in [7, 11) is 0. The molecular weight excluding hydrogens is 404 g/mol. The van der Waals surface area contributed by atoms with Crippen LogP contribution < -0.4 is 16.9 Å². The number of aromatic nitrogens is 4. The Balaban J connectivity index is 2.10. The predicted molar refractivity (Wildman–Crippen MR) is 96.6 cm³/mol. The Morgan fingerprint density at radius 3 is 2.77 bits per heavy atom. The summed E-state index contributed by atoms with van der Waals surface area (Å²) in [5, 5.41) is 8.80. The van der Waals surface area contributed by atoms with Crippen molar-refractivity contribution in [3.63, 3.8) is 0 Å². The molecule has 0 aromatic carbocycles. The van der Waals surface area contributed by atoms with Gasteiger partial charge in [-0.05, 0) is 0 Å². The second-order valence-corrected chi connectivity index (χ2v) is 6.39. The van der Waals surface area contributed by atoms with E-state index in [1.165, 1.54) is 18.6 Å². The number of esters is 2. The molecule has 0 saturated carbocycles. The minimum atomic E-state index is -1.22. The smallest absolute Gasteiger partial charge is 0.333 e. The van der Waals surface area contributed by atoms with E-state index in [0.717, 1.165) is 9.13 Å². The Bertz CT molecular complexity index is 1050. The van der Waals surface area contributed by atoms with Gasteiger partial charge >= 0.3 is 17.6 Å². The van der Waals surface area contributed by atoms with Gasteiger partial charge in [0, 0.05) is 13.3 Å². The van der Waals surface area contributed by atoms with Crippen molar-refractivity contribution >= 4 is 35.0 Å². The third-order valence-corrected chi connectivity index (χ3v) is 4.31. The molecule has 30 heavy (non-hydrogen) atoms. The van der Waals surface area contributed by atoms with Gasteiger partial charge in [0.25, 0.3) is 5.91 Å². The third-order valence-electron chi connectivity index (χ3n) is 4.31. The highest BCUT2D eigenvalue weighted by Crippen LogP contribution is 2.33. The van der Waals surface area contributed by atoms with Crippen molar-refractivity contribution in [1.82, 2.24) is 24.6 Å². The summed E-state index contributed by atoms with van der Waals surface area (Å²) >= 11 is 0. The first kappa shape index (κ1) is 21.2. The summed E-state index contributed by atoms with van der Waals surface area (Å²) in [5.74, 6) is -2.20. The summed E-state index contributed by atoms with van der Waals surface area (Å²) in [6, 6.07) is 0. The first-order valence-corrected chi connectivity index (χ1v) is 8.93. The van der Waals surface area contributed by atoms with Crippen molar-refractivity contribution < 1.29 is 33.8 Å². The van der Waals surface area contributed by atoms with E-state index in [1.54, 1.807) is 6.92 Å². The number of ether oxygens (including phenoxy) is 3. The molecule has 0 aliphatic carbocycles. The summed E-state index contributed by atoms with van der Waals surface area (Å²) in [4.78, 5) is 55.8. The standard InChI is InChI=1S/C16H20N6O8/c1-3-11(25)29-12-4-9(28-7(2)23)14(30-12)22-13-8(5-18-15(17)19-13)21(16(22)26)6-10(24)20-27/h5,9,12,14,27H,3-4,6H2,1-2H3,(H,20,24)(H2,17,18,19)/t9-,12-,14-/m1/s1. The number of carbonyl (C=O) groups is 3. The highest BCUT2D eigenvalue weighted by atomic mass is 16.7. The fourth-order valence-corrected chi connectivity index (χ4v) is 3.09. The Labute approximate surface area is 168 Å². The van der Waals surface area contributed by atoms with E-state index in [9.17, 15) is 19.2 Å². The number of fused-ring (bicyclic) bond motifs is 1. The molecule has 14 nitrogen and oxygen atoms in total. The van der Waals surface area contributed by atoms with Crippen molar-refractivity contribution in [2.75, 3.05) is 5.73 Å². The lowest BCUT2D eigenvalue weighted by Gasteiger charge is -2.18. The number of hydrogen-bond acceptors (Lipinski definition) is 11. The molecule has 1 saturated heterocycles. The number of imidazole rings is 1. The summed E-state index contributed by atoms with van der Waals surface area (Å²) < 4.78 is 18.1. The van der Waals surface area contributed by atoms with E-state index in [-0.39, 0.29) is 30.0 Å². The molecule has 0 unspecified atom stereocenters. The lowest BCUT2D eigenvalue weighted by molar-refractivity contribution is -0.183. The number of hydrogen-bond donors (Lipinski definition) is 3. The molecule has 3 atom stereocenters. The van der Waals surface area contributed by atoms with E-state index in [0.29, 0.717) is 0 Å². The Morgan fingerprint density at radius 1 is 1.40 bits per heavy atom. The number of nitrogens with one attached hydrogen (secondary N) is 1. The molecular formula is C16H20N6O8. The topological polar surface area (TPSA) is 190 Å². The highest BCUT2D eigenvalue weighted by Gasteiger charge is 2.43. The molecule has 1 fully saturated rings. The monoisotopic (exact) mass is 424 g/mol. The van der Waals surface area contributed by atoms with Crippen molar-refractivity contribution in [2.24, 2.45) is 0 Å². The molecule has 1 aliphatic rings. The molecule has 0 bridgehead atoms. The number of nitrogen functional groups attached to an aromatic ring is 1. The van der Waals surface area contributed by atoms with Gasteiger partial charge in [-0.25, -0.2) is 19.8 Å². The fraction of sp³-hybridized carbons (Fsp3) is 0.500. The average Bonchev–Trinajstić information content (AvgIpc) is 3.18. The molecule has 2 aromatic rings. The van der Waals surface area contributed by atoms with E-state index in [2.05, 4.69) is 9.97 Å². The molecule has 14 heteroatoms. The van der Waals surface area contributed by atoms with Crippen LogP contribution in [0.1, 0.15) is 32.9 Å². The molecule has 4 N–H and O–H groups in total.